The van der Waals surface area contributed by atoms with Crippen LogP contribution in [0.15, 0.2) is 21.7 Å². The van der Waals surface area contributed by atoms with Crippen molar-refractivity contribution in [2.45, 2.75) is 38.5 Å². The highest BCUT2D eigenvalue weighted by molar-refractivity contribution is 5.18. The predicted octanol–water partition coefficient (Wildman–Crippen LogP) is 0.609. The van der Waals surface area contributed by atoms with Gasteiger partial charge in [0.25, 0.3) is 11.1 Å². The Balaban J connectivity index is 1.55. The van der Waals surface area contributed by atoms with Gasteiger partial charge in [0.2, 0.25) is 11.9 Å². The van der Waals surface area contributed by atoms with Gasteiger partial charge in [0.1, 0.15) is 0 Å². The minimum absolute atomic E-state index is 0.171. The van der Waals surface area contributed by atoms with Gasteiger partial charge in [0.05, 0.1) is 11.4 Å². The predicted molar refractivity (Wildman–Crippen MR) is 91.4 cm³/mol. The van der Waals surface area contributed by atoms with Gasteiger partial charge in [-0.25, -0.2) is 9.97 Å². The van der Waals surface area contributed by atoms with Crippen LogP contribution in [-0.2, 0) is 12.8 Å². The summed E-state index contributed by atoms with van der Waals surface area (Å²) in [5.41, 5.74) is 12.3. The molecular weight excluding hydrogens is 308 g/mol. The van der Waals surface area contributed by atoms with Crippen LogP contribution in [0, 0.1) is 11.8 Å². The average Bonchev–Trinajstić information content (AvgIpc) is 2.47. The van der Waals surface area contributed by atoms with Gasteiger partial charge >= 0.3 is 0 Å². The number of H-pyrrole nitrogens is 2. The summed E-state index contributed by atoms with van der Waals surface area (Å²) in [4.78, 5) is 36.2. The molecule has 6 N–H and O–H groups in total. The smallest absolute Gasteiger partial charge is 0.252 e. The van der Waals surface area contributed by atoms with Gasteiger partial charge in [-0.3, -0.25) is 19.6 Å². The maximum Gasteiger partial charge on any atom is 0.252 e. The molecular formula is C16H22N6O2. The molecule has 1 fully saturated rings. The SMILES string of the molecule is Nc1nc(CC2CCC(Cc3cc(=O)[nH]c(N)n3)CC2)cc(=O)[nH]1. The van der Waals surface area contributed by atoms with Gasteiger partial charge in [-0.05, 0) is 50.4 Å². The number of rotatable bonds is 4. The highest BCUT2D eigenvalue weighted by Crippen LogP contribution is 2.32. The minimum atomic E-state index is -0.204. The number of nitrogens with two attached hydrogens (primary N) is 2. The van der Waals surface area contributed by atoms with Crippen molar-refractivity contribution < 1.29 is 0 Å². The number of nitrogens with one attached hydrogen (secondary N) is 2. The van der Waals surface area contributed by atoms with E-state index in [2.05, 4.69) is 19.9 Å². The van der Waals surface area contributed by atoms with E-state index in [0.29, 0.717) is 11.8 Å². The molecule has 0 aliphatic heterocycles. The molecule has 0 unspecified atom stereocenters. The zero-order chi connectivity index (χ0) is 17.1. The average molecular weight is 330 g/mol. The van der Waals surface area contributed by atoms with E-state index in [1.54, 1.807) is 0 Å². The fourth-order valence-electron chi connectivity index (χ4n) is 3.50. The summed E-state index contributed by atoms with van der Waals surface area (Å²) in [7, 11) is 0. The van der Waals surface area contributed by atoms with Crippen molar-refractivity contribution in [3.63, 3.8) is 0 Å². The van der Waals surface area contributed by atoms with E-state index in [4.69, 9.17) is 11.5 Å². The molecule has 2 aromatic heterocycles. The van der Waals surface area contributed by atoms with Crippen molar-refractivity contribution in [3.05, 3.63) is 44.2 Å². The molecule has 8 nitrogen and oxygen atoms in total. The molecule has 0 radical (unpaired) electrons. The number of hydrogen-bond acceptors (Lipinski definition) is 6. The summed E-state index contributed by atoms with van der Waals surface area (Å²) in [6.45, 7) is 0. The lowest BCUT2D eigenvalue weighted by atomic mass is 9.78. The summed E-state index contributed by atoms with van der Waals surface area (Å²) in [6.07, 6.45) is 5.82. The molecule has 0 saturated heterocycles. The number of aromatic amines is 2. The van der Waals surface area contributed by atoms with Crippen LogP contribution < -0.4 is 22.6 Å². The van der Waals surface area contributed by atoms with Crippen LogP contribution in [0.5, 0.6) is 0 Å². The zero-order valence-electron chi connectivity index (χ0n) is 13.4. The molecule has 1 saturated carbocycles. The minimum Gasteiger partial charge on any atom is -0.369 e. The van der Waals surface area contributed by atoms with Crippen molar-refractivity contribution in [3.8, 4) is 0 Å². The number of aromatic nitrogens is 4. The van der Waals surface area contributed by atoms with E-state index in [-0.39, 0.29) is 23.0 Å². The maximum absolute atomic E-state index is 11.4. The highest BCUT2D eigenvalue weighted by Gasteiger charge is 2.22. The molecule has 8 heteroatoms. The van der Waals surface area contributed by atoms with E-state index in [1.807, 2.05) is 0 Å². The summed E-state index contributed by atoms with van der Waals surface area (Å²) in [5.74, 6) is 1.35. The molecule has 1 aliphatic rings. The molecule has 0 amide bonds. The second kappa shape index (κ2) is 6.86. The van der Waals surface area contributed by atoms with E-state index < -0.39 is 0 Å². The topological polar surface area (TPSA) is 144 Å². The van der Waals surface area contributed by atoms with Crippen molar-refractivity contribution in [2.24, 2.45) is 11.8 Å². The van der Waals surface area contributed by atoms with Crippen LogP contribution in [0.4, 0.5) is 11.9 Å². The molecule has 128 valence electrons. The van der Waals surface area contributed by atoms with Crippen LogP contribution in [0.25, 0.3) is 0 Å². The van der Waals surface area contributed by atoms with E-state index in [1.165, 1.54) is 12.1 Å². The Hall–Kier alpha value is -2.64. The Bertz CT molecular complexity index is 750. The molecule has 0 bridgehead atoms. The Morgan fingerprint density at radius 1 is 0.833 bits per heavy atom. The second-order valence-corrected chi connectivity index (χ2v) is 6.54. The lowest BCUT2D eigenvalue weighted by molar-refractivity contribution is 0.270. The first kappa shape index (κ1) is 16.2. The van der Waals surface area contributed by atoms with Crippen LogP contribution in [0.1, 0.15) is 37.1 Å². The molecule has 0 spiro atoms. The second-order valence-electron chi connectivity index (χ2n) is 6.54. The lowest BCUT2D eigenvalue weighted by Gasteiger charge is -2.28. The van der Waals surface area contributed by atoms with Crippen molar-refractivity contribution in [1.29, 1.82) is 0 Å². The number of hydrogen-bond donors (Lipinski definition) is 4. The van der Waals surface area contributed by atoms with E-state index >= 15 is 0 Å². The van der Waals surface area contributed by atoms with Gasteiger partial charge in [-0.1, -0.05) is 0 Å². The number of nitrogens with zero attached hydrogens (tertiary/aromatic N) is 2. The molecule has 0 atom stereocenters. The Morgan fingerprint density at radius 2 is 1.21 bits per heavy atom. The number of nitrogen functional groups attached to an aromatic ring is 2. The van der Waals surface area contributed by atoms with Gasteiger partial charge in [-0.2, -0.15) is 0 Å². The summed E-state index contributed by atoms with van der Waals surface area (Å²) in [5, 5.41) is 0. The highest BCUT2D eigenvalue weighted by atomic mass is 16.1. The van der Waals surface area contributed by atoms with Gasteiger partial charge in [-0.15, -0.1) is 0 Å². The summed E-state index contributed by atoms with van der Waals surface area (Å²) < 4.78 is 0. The lowest BCUT2D eigenvalue weighted by Crippen LogP contribution is -2.21. The fraction of sp³-hybridized carbons (Fsp3) is 0.500. The molecule has 1 aliphatic carbocycles. The van der Waals surface area contributed by atoms with Crippen LogP contribution in [0.2, 0.25) is 0 Å². The largest absolute Gasteiger partial charge is 0.369 e. The van der Waals surface area contributed by atoms with Crippen molar-refractivity contribution >= 4 is 11.9 Å². The molecule has 0 aromatic carbocycles. The summed E-state index contributed by atoms with van der Waals surface area (Å²) in [6, 6.07) is 3.04. The van der Waals surface area contributed by atoms with Crippen LogP contribution in [0.3, 0.4) is 0 Å². The van der Waals surface area contributed by atoms with E-state index in [9.17, 15) is 9.59 Å². The van der Waals surface area contributed by atoms with Crippen molar-refractivity contribution in [1.82, 2.24) is 19.9 Å². The van der Waals surface area contributed by atoms with Crippen molar-refractivity contribution in [2.75, 3.05) is 11.5 Å². The number of anilines is 2. The fourth-order valence-corrected chi connectivity index (χ4v) is 3.50. The van der Waals surface area contributed by atoms with E-state index in [0.717, 1.165) is 49.9 Å². The zero-order valence-corrected chi connectivity index (χ0v) is 13.4. The quantitative estimate of drug-likeness (QED) is 0.646. The Morgan fingerprint density at radius 3 is 1.54 bits per heavy atom. The standard InChI is InChI=1S/C16H22N6O2/c17-15-19-11(7-13(23)21-15)5-9-1-2-10(4-3-9)6-12-8-14(24)22-16(18)20-12/h7-10H,1-6H2,(H3,17,19,21,23)(H3,18,20,22,24). The maximum atomic E-state index is 11.4. The van der Waals surface area contributed by atoms with Crippen LogP contribution in [-0.4, -0.2) is 19.9 Å². The monoisotopic (exact) mass is 330 g/mol. The normalized spacial score (nSPS) is 20.8. The molecule has 2 heterocycles. The summed E-state index contributed by atoms with van der Waals surface area (Å²) >= 11 is 0. The molecule has 24 heavy (non-hydrogen) atoms. The van der Waals surface area contributed by atoms with Crippen LogP contribution >= 0.6 is 0 Å². The third-order valence-corrected chi connectivity index (χ3v) is 4.59. The Labute approximate surface area is 138 Å². The third kappa shape index (κ3) is 4.21. The van der Waals surface area contributed by atoms with Gasteiger partial charge in [0.15, 0.2) is 0 Å². The van der Waals surface area contributed by atoms with Gasteiger partial charge in [0, 0.05) is 12.1 Å². The third-order valence-electron chi connectivity index (χ3n) is 4.59. The first-order valence-corrected chi connectivity index (χ1v) is 8.19. The van der Waals surface area contributed by atoms with Gasteiger partial charge < -0.3 is 11.5 Å². The first-order chi connectivity index (χ1) is 11.5. The first-order valence-electron chi connectivity index (χ1n) is 8.19. The molecule has 2 aromatic rings. The Kier molecular flexibility index (Phi) is 4.64. The molecule has 3 rings (SSSR count).